The van der Waals surface area contributed by atoms with Crippen LogP contribution in [0.15, 0.2) is 71.7 Å². The number of carboxylic acids is 1. The van der Waals surface area contributed by atoms with E-state index in [0.29, 0.717) is 37.0 Å². The molecule has 0 radical (unpaired) electrons. The Kier molecular flexibility index (Phi) is 11.7. The van der Waals surface area contributed by atoms with Crippen LogP contribution in [0, 0.1) is 11.6 Å². The Labute approximate surface area is 326 Å². The van der Waals surface area contributed by atoms with Gasteiger partial charge in [-0.1, -0.05) is 0 Å². The van der Waals surface area contributed by atoms with Crippen LogP contribution >= 0.6 is 22.7 Å². The van der Waals surface area contributed by atoms with Crippen molar-refractivity contribution < 1.29 is 28.2 Å². The first-order chi connectivity index (χ1) is 26.1. The first-order valence-corrected chi connectivity index (χ1v) is 19.5. The lowest BCUT2D eigenvalue weighted by molar-refractivity contribution is -0.136. The number of hydrogen-bond donors (Lipinski definition) is 1. The lowest BCUT2D eigenvalue weighted by atomic mass is 10.0. The fourth-order valence-electron chi connectivity index (χ4n) is 6.06. The second-order valence-electron chi connectivity index (χ2n) is 15.0. The molecule has 1 amide bonds. The smallest absolute Gasteiger partial charge is 0.309 e. The summed E-state index contributed by atoms with van der Waals surface area (Å²) in [5, 5.41) is 23.2. The summed E-state index contributed by atoms with van der Waals surface area (Å²) in [6.07, 6.45) is 3.69. The molecule has 0 unspecified atom stereocenters. The highest BCUT2D eigenvalue weighted by Gasteiger charge is 2.26. The Morgan fingerprint density at radius 2 is 1.13 bits per heavy atom. The molecule has 55 heavy (non-hydrogen) atoms. The number of aromatic nitrogens is 6. The standard InChI is InChI=1S/C22H25FN4O2S.C18H18FN3O2S/c1-22(2,3)27-20(15-4-6-16(23)7-5-15)18(13-24-27)21-25-17(14-30-21)12-19(28)26-8-10-29-11-9-26;1-18(2,3)22-16(11-4-6-12(19)7-5-11)14(9-20-22)17-21-13(10-25-17)8-15(23)24/h4-7,13-14H,8-12H2,1-3H3;4-7,9-10H,8H2,1-3H3,(H,23,24). The lowest BCUT2D eigenvalue weighted by Crippen LogP contribution is -2.41. The summed E-state index contributed by atoms with van der Waals surface area (Å²) < 4.78 is 35.9. The zero-order chi connectivity index (χ0) is 39.5. The number of morpholine rings is 1. The van der Waals surface area contributed by atoms with Crippen molar-refractivity contribution in [1.82, 2.24) is 34.4 Å². The van der Waals surface area contributed by atoms with Crippen molar-refractivity contribution >= 4 is 34.6 Å². The predicted molar refractivity (Wildman–Crippen MR) is 210 cm³/mol. The number of benzene rings is 2. The molecule has 0 saturated carbocycles. The SMILES string of the molecule is CC(C)(C)n1ncc(-c2nc(CC(=O)N3CCOCC3)cs2)c1-c1ccc(F)cc1.CC(C)(C)n1ncc(-c2nc(CC(=O)O)cs2)c1-c1ccc(F)cc1. The van der Waals surface area contributed by atoms with Gasteiger partial charge in [-0.15, -0.1) is 22.7 Å². The topological polar surface area (TPSA) is 128 Å². The molecule has 0 spiro atoms. The van der Waals surface area contributed by atoms with E-state index in [1.807, 2.05) is 40.4 Å². The Balaban J connectivity index is 0.000000190. The molecule has 2 aromatic carbocycles. The van der Waals surface area contributed by atoms with E-state index in [2.05, 4.69) is 36.0 Å². The number of carbonyl (C=O) groups is 2. The molecule has 15 heteroatoms. The molecule has 11 nitrogen and oxygen atoms in total. The second kappa shape index (κ2) is 16.3. The van der Waals surface area contributed by atoms with Crippen LogP contribution in [0.1, 0.15) is 52.9 Å². The summed E-state index contributed by atoms with van der Waals surface area (Å²) in [6.45, 7) is 14.8. The summed E-state index contributed by atoms with van der Waals surface area (Å²) in [5.74, 6) is -1.43. The normalized spacial score (nSPS) is 13.4. The van der Waals surface area contributed by atoms with E-state index in [9.17, 15) is 18.4 Å². The van der Waals surface area contributed by atoms with E-state index in [4.69, 9.17) is 14.8 Å². The van der Waals surface area contributed by atoms with E-state index in [-0.39, 0.29) is 41.5 Å². The van der Waals surface area contributed by atoms with Crippen LogP contribution in [-0.4, -0.2) is 77.7 Å². The van der Waals surface area contributed by atoms with Gasteiger partial charge in [0.2, 0.25) is 5.91 Å². The third-order valence-electron chi connectivity index (χ3n) is 8.64. The number of rotatable bonds is 8. The number of nitrogens with zero attached hydrogens (tertiary/aromatic N) is 7. The van der Waals surface area contributed by atoms with Gasteiger partial charge in [0, 0.05) is 35.0 Å². The third-order valence-corrected chi connectivity index (χ3v) is 10.5. The molecule has 1 saturated heterocycles. The van der Waals surface area contributed by atoms with Crippen LogP contribution in [0.3, 0.4) is 0 Å². The number of amides is 1. The molecule has 0 aliphatic carbocycles. The van der Waals surface area contributed by atoms with E-state index in [1.165, 1.54) is 46.9 Å². The number of aliphatic carboxylic acids is 1. The minimum atomic E-state index is -0.916. The molecule has 5 heterocycles. The van der Waals surface area contributed by atoms with Gasteiger partial charge < -0.3 is 14.7 Å². The van der Waals surface area contributed by atoms with Gasteiger partial charge in [0.05, 0.1) is 83.4 Å². The van der Waals surface area contributed by atoms with Crippen LogP contribution in [-0.2, 0) is 38.2 Å². The number of carboxylic acid groups (broad SMARTS) is 1. The number of carbonyl (C=O) groups excluding carboxylic acids is 1. The molecule has 1 N–H and O–H groups in total. The van der Waals surface area contributed by atoms with E-state index in [0.717, 1.165) is 44.3 Å². The number of halogens is 2. The monoisotopic (exact) mass is 787 g/mol. The molecule has 0 bridgehead atoms. The van der Waals surface area contributed by atoms with E-state index in [1.54, 1.807) is 42.0 Å². The quantitative estimate of drug-likeness (QED) is 0.164. The van der Waals surface area contributed by atoms with Gasteiger partial charge in [0.1, 0.15) is 21.6 Å². The van der Waals surface area contributed by atoms with Crippen LogP contribution < -0.4 is 0 Å². The van der Waals surface area contributed by atoms with Crippen molar-refractivity contribution in [2.24, 2.45) is 0 Å². The van der Waals surface area contributed by atoms with Gasteiger partial charge in [0.25, 0.3) is 0 Å². The molecular weight excluding hydrogens is 745 g/mol. The van der Waals surface area contributed by atoms with Gasteiger partial charge in [-0.05, 0) is 90.1 Å². The van der Waals surface area contributed by atoms with Gasteiger partial charge in [-0.2, -0.15) is 10.2 Å². The van der Waals surface area contributed by atoms with Crippen LogP contribution in [0.25, 0.3) is 43.7 Å². The largest absolute Gasteiger partial charge is 0.481 e. The maximum Gasteiger partial charge on any atom is 0.309 e. The van der Waals surface area contributed by atoms with Crippen molar-refractivity contribution in [2.75, 3.05) is 26.3 Å². The Hall–Kier alpha value is -5.12. The first-order valence-electron chi connectivity index (χ1n) is 17.7. The van der Waals surface area contributed by atoms with Crippen molar-refractivity contribution in [3.63, 3.8) is 0 Å². The molecule has 1 aliphatic rings. The Morgan fingerprint density at radius 1 is 0.709 bits per heavy atom. The maximum atomic E-state index is 13.5. The van der Waals surface area contributed by atoms with Crippen molar-refractivity contribution in [3.8, 4) is 43.7 Å². The molecule has 288 valence electrons. The van der Waals surface area contributed by atoms with E-state index >= 15 is 0 Å². The van der Waals surface area contributed by atoms with Crippen molar-refractivity contribution in [1.29, 1.82) is 0 Å². The van der Waals surface area contributed by atoms with Crippen molar-refractivity contribution in [2.45, 2.75) is 65.5 Å². The Bertz CT molecular complexity index is 2260. The van der Waals surface area contributed by atoms with Gasteiger partial charge in [-0.25, -0.2) is 18.7 Å². The fourth-order valence-corrected chi connectivity index (χ4v) is 7.72. The zero-order valence-corrected chi connectivity index (χ0v) is 33.2. The molecule has 0 atom stereocenters. The van der Waals surface area contributed by atoms with Gasteiger partial charge in [-0.3, -0.25) is 19.0 Å². The lowest BCUT2D eigenvalue weighted by Gasteiger charge is -2.26. The van der Waals surface area contributed by atoms with E-state index < -0.39 is 5.97 Å². The minimum absolute atomic E-state index is 0.0688. The summed E-state index contributed by atoms with van der Waals surface area (Å²) in [6, 6.07) is 12.7. The predicted octanol–water partition coefficient (Wildman–Crippen LogP) is 8.16. The average molecular weight is 788 g/mol. The highest BCUT2D eigenvalue weighted by molar-refractivity contribution is 7.13. The summed E-state index contributed by atoms with van der Waals surface area (Å²) in [4.78, 5) is 34.4. The molecule has 4 aromatic heterocycles. The second-order valence-corrected chi connectivity index (χ2v) is 16.7. The molecule has 7 rings (SSSR count). The van der Waals surface area contributed by atoms with Crippen LogP contribution in [0.4, 0.5) is 8.78 Å². The van der Waals surface area contributed by atoms with Crippen LogP contribution in [0.5, 0.6) is 0 Å². The number of ether oxygens (including phenoxy) is 1. The zero-order valence-electron chi connectivity index (χ0n) is 31.5. The molecule has 6 aromatic rings. The third kappa shape index (κ3) is 9.40. The van der Waals surface area contributed by atoms with Crippen molar-refractivity contribution in [3.05, 3.63) is 94.7 Å². The average Bonchev–Trinajstić information content (AvgIpc) is 3.95. The number of hydrogen-bond acceptors (Lipinski definition) is 9. The van der Waals surface area contributed by atoms with Crippen LogP contribution in [0.2, 0.25) is 0 Å². The highest BCUT2D eigenvalue weighted by Crippen LogP contribution is 2.38. The molecule has 1 aliphatic heterocycles. The molecule has 1 fully saturated rings. The highest BCUT2D eigenvalue weighted by atomic mass is 32.1. The summed E-state index contributed by atoms with van der Waals surface area (Å²) >= 11 is 2.87. The molecular formula is C40H43F2N7O4S2. The Morgan fingerprint density at radius 3 is 1.53 bits per heavy atom. The first kappa shape index (κ1) is 39.6. The van der Waals surface area contributed by atoms with Gasteiger partial charge in [0.15, 0.2) is 0 Å². The van der Waals surface area contributed by atoms with Gasteiger partial charge >= 0.3 is 5.97 Å². The maximum absolute atomic E-state index is 13.5. The number of thiazole rings is 2. The fraction of sp³-hybridized carbons (Fsp3) is 0.350. The summed E-state index contributed by atoms with van der Waals surface area (Å²) in [7, 11) is 0. The minimum Gasteiger partial charge on any atom is -0.481 e. The summed E-state index contributed by atoms with van der Waals surface area (Å²) in [5.41, 5.74) is 5.86.